The first-order valence-corrected chi connectivity index (χ1v) is 10.1. The highest BCUT2D eigenvalue weighted by Gasteiger charge is 2.46. The first-order valence-electron chi connectivity index (χ1n) is 10.1. The highest BCUT2D eigenvalue weighted by atomic mass is 16.5. The van der Waals surface area contributed by atoms with E-state index in [1.165, 1.54) is 4.90 Å². The fraction of sp³-hybridized carbons (Fsp3) is 0.160. The average Bonchev–Trinajstić information content (AvgIpc) is 3.10. The number of Topliss-reactive ketones (excluding diaryl/α,β-unsaturated/α-hetero) is 1. The summed E-state index contributed by atoms with van der Waals surface area (Å²) in [6, 6.07) is 16.2. The van der Waals surface area contributed by atoms with Crippen LogP contribution in [0.4, 0.5) is 5.69 Å². The van der Waals surface area contributed by atoms with Gasteiger partial charge in [0.05, 0.1) is 25.3 Å². The number of ether oxygens (including phenoxy) is 2. The third kappa shape index (κ3) is 3.80. The number of nitrogens with zero attached hydrogens (tertiary/aromatic N) is 2. The summed E-state index contributed by atoms with van der Waals surface area (Å²) < 4.78 is 10.6. The molecule has 0 radical (unpaired) electrons. The van der Waals surface area contributed by atoms with Crippen molar-refractivity contribution >= 4 is 23.1 Å². The second-order valence-corrected chi connectivity index (χ2v) is 7.11. The molecule has 0 spiro atoms. The summed E-state index contributed by atoms with van der Waals surface area (Å²) in [7, 11) is 1.55. The maximum absolute atomic E-state index is 13.1. The van der Waals surface area contributed by atoms with Crippen LogP contribution in [0.3, 0.4) is 0 Å². The van der Waals surface area contributed by atoms with Crippen molar-refractivity contribution in [3.8, 4) is 11.5 Å². The zero-order valence-electron chi connectivity index (χ0n) is 17.7. The van der Waals surface area contributed by atoms with E-state index in [0.717, 1.165) is 0 Å². The van der Waals surface area contributed by atoms with Crippen LogP contribution in [-0.4, -0.2) is 35.5 Å². The SMILES string of the molecule is CCOc1ccc(/C(O)=C2/C(=O)C(=O)N(c3ccc(OC)cc3)C2c2ccncc2)cc1. The maximum Gasteiger partial charge on any atom is 0.300 e. The maximum atomic E-state index is 13.1. The Labute approximate surface area is 185 Å². The van der Waals surface area contributed by atoms with Gasteiger partial charge in [-0.2, -0.15) is 0 Å². The number of carbonyl (C=O) groups is 2. The van der Waals surface area contributed by atoms with Gasteiger partial charge in [0.25, 0.3) is 11.7 Å². The molecule has 3 aromatic rings. The number of ketones is 1. The summed E-state index contributed by atoms with van der Waals surface area (Å²) in [5, 5.41) is 11.1. The molecule has 1 fully saturated rings. The van der Waals surface area contributed by atoms with E-state index in [0.29, 0.717) is 34.9 Å². The molecule has 7 heteroatoms. The topological polar surface area (TPSA) is 89.0 Å². The van der Waals surface area contributed by atoms with Gasteiger partial charge in [-0.25, -0.2) is 0 Å². The van der Waals surface area contributed by atoms with Crippen molar-refractivity contribution in [1.29, 1.82) is 0 Å². The molecule has 1 aliphatic heterocycles. The van der Waals surface area contributed by atoms with E-state index < -0.39 is 17.7 Å². The lowest BCUT2D eigenvalue weighted by Gasteiger charge is -2.25. The number of aliphatic hydroxyl groups excluding tert-OH is 1. The minimum Gasteiger partial charge on any atom is -0.507 e. The van der Waals surface area contributed by atoms with E-state index in [1.54, 1.807) is 80.2 Å². The van der Waals surface area contributed by atoms with Gasteiger partial charge in [-0.15, -0.1) is 0 Å². The van der Waals surface area contributed by atoms with Crippen molar-refractivity contribution in [3.05, 3.63) is 89.8 Å². The predicted octanol–water partition coefficient (Wildman–Crippen LogP) is 4.12. The number of benzene rings is 2. The van der Waals surface area contributed by atoms with Gasteiger partial charge in [0, 0.05) is 23.6 Å². The van der Waals surface area contributed by atoms with Crippen LogP contribution in [0.2, 0.25) is 0 Å². The summed E-state index contributed by atoms with van der Waals surface area (Å²) in [6.07, 6.45) is 3.17. The first kappa shape index (κ1) is 21.1. The number of amides is 1. The molecule has 1 unspecified atom stereocenters. The summed E-state index contributed by atoms with van der Waals surface area (Å²) in [5.41, 5.74) is 1.60. The monoisotopic (exact) mass is 430 g/mol. The number of hydrogen-bond donors (Lipinski definition) is 1. The standard InChI is InChI=1S/C25H22N2O5/c1-3-32-20-8-4-17(5-9-20)23(28)21-22(16-12-14-26-15-13-16)27(25(30)24(21)29)18-6-10-19(31-2)11-7-18/h4-15,22,28H,3H2,1-2H3/b23-21-. The second kappa shape index (κ2) is 8.93. The van der Waals surface area contributed by atoms with Gasteiger partial charge in [-0.1, -0.05) is 0 Å². The zero-order chi connectivity index (χ0) is 22.7. The number of aromatic nitrogens is 1. The van der Waals surface area contributed by atoms with Crippen LogP contribution < -0.4 is 14.4 Å². The van der Waals surface area contributed by atoms with E-state index in [9.17, 15) is 14.7 Å². The molecule has 162 valence electrons. The molecule has 7 nitrogen and oxygen atoms in total. The highest BCUT2D eigenvalue weighted by molar-refractivity contribution is 6.51. The largest absolute Gasteiger partial charge is 0.507 e. The van der Waals surface area contributed by atoms with Crippen molar-refractivity contribution in [2.75, 3.05) is 18.6 Å². The van der Waals surface area contributed by atoms with Crippen molar-refractivity contribution < 1.29 is 24.2 Å². The number of carbonyl (C=O) groups excluding carboxylic acids is 2. The van der Waals surface area contributed by atoms with Gasteiger partial charge in [0.2, 0.25) is 0 Å². The van der Waals surface area contributed by atoms with Crippen LogP contribution in [0.5, 0.6) is 11.5 Å². The molecule has 1 N–H and O–H groups in total. The molecule has 0 aliphatic carbocycles. The Hall–Kier alpha value is -4.13. The fourth-order valence-electron chi connectivity index (χ4n) is 3.73. The van der Waals surface area contributed by atoms with E-state index in [-0.39, 0.29) is 11.3 Å². The van der Waals surface area contributed by atoms with Crippen molar-refractivity contribution in [2.45, 2.75) is 13.0 Å². The second-order valence-electron chi connectivity index (χ2n) is 7.11. The summed E-state index contributed by atoms with van der Waals surface area (Å²) in [6.45, 7) is 2.39. The molecule has 2 aromatic carbocycles. The average molecular weight is 430 g/mol. The number of methoxy groups -OCH3 is 1. The molecule has 1 amide bonds. The first-order chi connectivity index (χ1) is 15.5. The Balaban J connectivity index is 1.85. The molecule has 1 atom stereocenters. The van der Waals surface area contributed by atoms with Gasteiger partial charge in [-0.05, 0) is 73.2 Å². The zero-order valence-corrected chi connectivity index (χ0v) is 17.7. The molecule has 0 bridgehead atoms. The summed E-state index contributed by atoms with van der Waals surface area (Å²) >= 11 is 0. The Kier molecular flexibility index (Phi) is 5.89. The summed E-state index contributed by atoms with van der Waals surface area (Å²) in [5.74, 6) is -0.448. The van der Waals surface area contributed by atoms with Crippen LogP contribution in [-0.2, 0) is 9.59 Å². The lowest BCUT2D eigenvalue weighted by molar-refractivity contribution is -0.132. The smallest absolute Gasteiger partial charge is 0.300 e. The Bertz CT molecular complexity index is 1160. The third-order valence-electron chi connectivity index (χ3n) is 5.26. The Morgan fingerprint density at radius 2 is 1.59 bits per heavy atom. The third-order valence-corrected chi connectivity index (χ3v) is 5.26. The predicted molar refractivity (Wildman–Crippen MR) is 120 cm³/mol. The molecule has 1 saturated heterocycles. The van der Waals surface area contributed by atoms with Gasteiger partial charge in [-0.3, -0.25) is 19.5 Å². The minimum atomic E-state index is -0.807. The molecule has 4 rings (SSSR count). The van der Waals surface area contributed by atoms with Crippen molar-refractivity contribution in [3.63, 3.8) is 0 Å². The summed E-state index contributed by atoms with van der Waals surface area (Å²) in [4.78, 5) is 31.6. The van der Waals surface area contributed by atoms with Crippen LogP contribution in [0.15, 0.2) is 78.6 Å². The molecular formula is C25H22N2O5. The van der Waals surface area contributed by atoms with Gasteiger partial charge < -0.3 is 14.6 Å². The Morgan fingerprint density at radius 3 is 2.19 bits per heavy atom. The molecule has 2 heterocycles. The van der Waals surface area contributed by atoms with Gasteiger partial charge in [0.15, 0.2) is 0 Å². The van der Waals surface area contributed by atoms with Crippen LogP contribution >= 0.6 is 0 Å². The van der Waals surface area contributed by atoms with E-state index in [1.807, 2.05) is 6.92 Å². The number of pyridine rings is 1. The molecule has 1 aliphatic rings. The molecule has 32 heavy (non-hydrogen) atoms. The number of hydrogen-bond acceptors (Lipinski definition) is 6. The number of rotatable bonds is 6. The quantitative estimate of drug-likeness (QED) is 0.360. The van der Waals surface area contributed by atoms with Crippen molar-refractivity contribution in [1.82, 2.24) is 4.98 Å². The van der Waals surface area contributed by atoms with Crippen LogP contribution in [0, 0.1) is 0 Å². The van der Waals surface area contributed by atoms with E-state index in [4.69, 9.17) is 9.47 Å². The lowest BCUT2D eigenvalue weighted by Crippen LogP contribution is -2.29. The molecular weight excluding hydrogens is 408 g/mol. The lowest BCUT2D eigenvalue weighted by atomic mass is 9.95. The Morgan fingerprint density at radius 1 is 0.969 bits per heavy atom. The highest BCUT2D eigenvalue weighted by Crippen LogP contribution is 2.42. The number of anilines is 1. The number of aliphatic hydroxyl groups is 1. The molecule has 0 saturated carbocycles. The van der Waals surface area contributed by atoms with Crippen LogP contribution in [0.25, 0.3) is 5.76 Å². The molecule has 1 aromatic heterocycles. The van der Waals surface area contributed by atoms with Gasteiger partial charge >= 0.3 is 0 Å². The van der Waals surface area contributed by atoms with Gasteiger partial charge in [0.1, 0.15) is 17.3 Å². The van der Waals surface area contributed by atoms with E-state index >= 15 is 0 Å². The normalized spacial score (nSPS) is 17.4. The fourth-order valence-corrected chi connectivity index (χ4v) is 3.73. The van der Waals surface area contributed by atoms with Crippen LogP contribution in [0.1, 0.15) is 24.1 Å². The van der Waals surface area contributed by atoms with E-state index in [2.05, 4.69) is 4.98 Å². The minimum absolute atomic E-state index is 0.0150. The van der Waals surface area contributed by atoms with Crippen molar-refractivity contribution in [2.24, 2.45) is 0 Å².